The number of ether oxygens (including phenoxy) is 3. The summed E-state index contributed by atoms with van der Waals surface area (Å²) in [7, 11) is 0. The van der Waals surface area contributed by atoms with Crippen molar-refractivity contribution >= 4 is 12.2 Å². The van der Waals surface area contributed by atoms with Crippen LogP contribution >= 0.6 is 0 Å². The first-order valence-electron chi connectivity index (χ1n) is 13.5. The van der Waals surface area contributed by atoms with Gasteiger partial charge in [0.2, 0.25) is 0 Å². The van der Waals surface area contributed by atoms with Crippen LogP contribution in [-0.2, 0) is 11.3 Å². The van der Waals surface area contributed by atoms with Gasteiger partial charge in [-0.25, -0.2) is 18.9 Å². The number of para-hydroxylation sites is 2. The van der Waals surface area contributed by atoms with Crippen LogP contribution in [0.4, 0.5) is 14.0 Å². The molecule has 0 saturated carbocycles. The second-order valence-electron chi connectivity index (χ2n) is 9.99. The number of rotatable bonds is 9. The summed E-state index contributed by atoms with van der Waals surface area (Å²) < 4.78 is 31.0. The second kappa shape index (κ2) is 12.9. The van der Waals surface area contributed by atoms with E-state index in [-0.39, 0.29) is 25.1 Å². The van der Waals surface area contributed by atoms with Crippen molar-refractivity contribution in [2.24, 2.45) is 0 Å². The highest BCUT2D eigenvalue weighted by Gasteiger charge is 2.41. The Kier molecular flexibility index (Phi) is 8.85. The number of halogens is 1. The number of fused-ring (bicyclic) bond motifs is 2. The van der Waals surface area contributed by atoms with E-state index in [4.69, 9.17) is 14.2 Å². The van der Waals surface area contributed by atoms with Crippen LogP contribution in [0, 0.1) is 5.82 Å². The van der Waals surface area contributed by atoms with Gasteiger partial charge < -0.3 is 14.2 Å². The Morgan fingerprint density at radius 3 is 1.90 bits per heavy atom. The number of carbonyl (C=O) groups excluding carboxylic acids is 2. The van der Waals surface area contributed by atoms with Crippen molar-refractivity contribution in [3.05, 3.63) is 96.3 Å². The van der Waals surface area contributed by atoms with Gasteiger partial charge in [-0.05, 0) is 62.4 Å². The standard InChI is InChI=1S/C31H33FN2O5/c32-29-15-8-7-10-23(29)22-37-28-20-24-16-17-25(21-28)33(24)18-9-19-34(30(35)38-26-11-3-1-4-12-26)31(36)39-27-13-5-2-6-14-27/h1-8,10-15,24-25,28H,9,16-22H2. The van der Waals surface area contributed by atoms with E-state index in [1.54, 1.807) is 60.7 Å². The van der Waals surface area contributed by atoms with Crippen LogP contribution in [0.25, 0.3) is 0 Å². The molecule has 2 fully saturated rings. The Morgan fingerprint density at radius 1 is 0.795 bits per heavy atom. The summed E-state index contributed by atoms with van der Waals surface area (Å²) in [6.07, 6.45) is 3.08. The Bertz CT molecular complexity index is 1170. The van der Waals surface area contributed by atoms with E-state index in [0.717, 1.165) is 37.1 Å². The molecular weight excluding hydrogens is 499 g/mol. The van der Waals surface area contributed by atoms with Gasteiger partial charge in [0.05, 0.1) is 12.7 Å². The number of benzene rings is 3. The summed E-state index contributed by atoms with van der Waals surface area (Å²) in [5.41, 5.74) is 0.581. The lowest BCUT2D eigenvalue weighted by atomic mass is 9.99. The molecule has 3 aromatic carbocycles. The fraction of sp³-hybridized carbons (Fsp3) is 0.355. The summed E-state index contributed by atoms with van der Waals surface area (Å²) in [5.74, 6) is 0.477. The van der Waals surface area contributed by atoms with Gasteiger partial charge in [0.1, 0.15) is 17.3 Å². The molecule has 7 nitrogen and oxygen atoms in total. The Morgan fingerprint density at radius 2 is 1.33 bits per heavy atom. The molecule has 3 aromatic rings. The van der Waals surface area contributed by atoms with E-state index in [1.165, 1.54) is 6.07 Å². The van der Waals surface area contributed by atoms with Crippen LogP contribution in [0.2, 0.25) is 0 Å². The third-order valence-corrected chi connectivity index (χ3v) is 7.41. The third kappa shape index (κ3) is 7.02. The lowest BCUT2D eigenvalue weighted by Gasteiger charge is -2.39. The van der Waals surface area contributed by atoms with Gasteiger partial charge in [-0.3, -0.25) is 4.90 Å². The molecule has 0 aromatic heterocycles. The summed E-state index contributed by atoms with van der Waals surface area (Å²) in [4.78, 5) is 29.4. The minimum Gasteiger partial charge on any atom is -0.410 e. The number of amides is 2. The fourth-order valence-electron chi connectivity index (χ4n) is 5.51. The van der Waals surface area contributed by atoms with E-state index >= 15 is 0 Å². The quantitative estimate of drug-likeness (QED) is 0.317. The molecule has 2 unspecified atom stereocenters. The van der Waals surface area contributed by atoms with E-state index in [2.05, 4.69) is 4.90 Å². The molecule has 5 rings (SSSR count). The first-order chi connectivity index (χ1) is 19.1. The van der Waals surface area contributed by atoms with Crippen LogP contribution < -0.4 is 9.47 Å². The average Bonchev–Trinajstić information content (AvgIpc) is 3.18. The zero-order chi connectivity index (χ0) is 27.0. The monoisotopic (exact) mass is 532 g/mol. The number of hydrogen-bond donors (Lipinski definition) is 0. The molecule has 8 heteroatoms. The van der Waals surface area contributed by atoms with Crippen LogP contribution in [0.3, 0.4) is 0 Å². The molecule has 2 aliphatic rings. The smallest absolute Gasteiger partial charge is 0.410 e. The molecule has 2 bridgehead atoms. The molecule has 204 valence electrons. The molecule has 2 atom stereocenters. The predicted molar refractivity (Wildman–Crippen MR) is 144 cm³/mol. The summed E-state index contributed by atoms with van der Waals surface area (Å²) in [6.45, 7) is 1.18. The van der Waals surface area contributed by atoms with Gasteiger partial charge in [-0.2, -0.15) is 0 Å². The fourth-order valence-corrected chi connectivity index (χ4v) is 5.51. The SMILES string of the molecule is O=C(Oc1ccccc1)N(CCCN1C2CCC1CC(OCc1ccccc1F)C2)C(=O)Oc1ccccc1. The van der Waals surface area contributed by atoms with Gasteiger partial charge in [-0.15, -0.1) is 0 Å². The van der Waals surface area contributed by atoms with Gasteiger partial charge in [0.25, 0.3) is 0 Å². The Hall–Kier alpha value is -3.75. The van der Waals surface area contributed by atoms with Crippen molar-refractivity contribution in [1.29, 1.82) is 0 Å². The van der Waals surface area contributed by atoms with Gasteiger partial charge in [-0.1, -0.05) is 54.6 Å². The average molecular weight is 533 g/mol. The molecule has 2 saturated heterocycles. The summed E-state index contributed by atoms with van der Waals surface area (Å²) >= 11 is 0. The zero-order valence-corrected chi connectivity index (χ0v) is 21.8. The zero-order valence-electron chi connectivity index (χ0n) is 21.8. The summed E-state index contributed by atoms with van der Waals surface area (Å²) in [6, 6.07) is 24.8. The van der Waals surface area contributed by atoms with Crippen molar-refractivity contribution in [1.82, 2.24) is 9.80 Å². The Labute approximate surface area is 228 Å². The summed E-state index contributed by atoms with van der Waals surface area (Å²) in [5, 5.41) is 0. The largest absolute Gasteiger partial charge is 0.424 e. The number of piperidine rings is 1. The van der Waals surface area contributed by atoms with Gasteiger partial charge in [0.15, 0.2) is 0 Å². The van der Waals surface area contributed by atoms with Crippen LogP contribution in [-0.4, -0.2) is 53.3 Å². The van der Waals surface area contributed by atoms with E-state index in [1.807, 2.05) is 18.2 Å². The molecule has 0 radical (unpaired) electrons. The molecule has 2 amide bonds. The van der Waals surface area contributed by atoms with Crippen LogP contribution in [0.15, 0.2) is 84.9 Å². The molecule has 2 aliphatic heterocycles. The number of carbonyl (C=O) groups is 2. The van der Waals surface area contributed by atoms with Crippen molar-refractivity contribution < 1.29 is 28.2 Å². The topological polar surface area (TPSA) is 68.3 Å². The normalized spacial score (nSPS) is 20.4. The molecule has 0 aliphatic carbocycles. The highest BCUT2D eigenvalue weighted by molar-refractivity contribution is 5.89. The highest BCUT2D eigenvalue weighted by Crippen LogP contribution is 2.37. The van der Waals surface area contributed by atoms with Crippen molar-refractivity contribution in [3.8, 4) is 11.5 Å². The van der Waals surface area contributed by atoms with Crippen molar-refractivity contribution in [2.45, 2.75) is 56.9 Å². The minimum atomic E-state index is -0.773. The van der Waals surface area contributed by atoms with Gasteiger partial charge >= 0.3 is 12.2 Å². The number of hydrogen-bond acceptors (Lipinski definition) is 6. The third-order valence-electron chi connectivity index (χ3n) is 7.41. The minimum absolute atomic E-state index is 0.0940. The van der Waals surface area contributed by atoms with Crippen molar-refractivity contribution in [2.75, 3.05) is 13.1 Å². The maximum Gasteiger partial charge on any atom is 0.424 e. The van der Waals surface area contributed by atoms with Gasteiger partial charge in [0, 0.05) is 30.7 Å². The van der Waals surface area contributed by atoms with Crippen molar-refractivity contribution in [3.63, 3.8) is 0 Å². The Balaban J connectivity index is 1.16. The van der Waals surface area contributed by atoms with E-state index in [9.17, 15) is 14.0 Å². The molecule has 2 heterocycles. The maximum atomic E-state index is 14.0. The molecular formula is C31H33FN2O5. The second-order valence-corrected chi connectivity index (χ2v) is 9.99. The van der Waals surface area contributed by atoms with Crippen LogP contribution in [0.1, 0.15) is 37.7 Å². The lowest BCUT2D eigenvalue weighted by molar-refractivity contribution is -0.0293. The van der Waals surface area contributed by atoms with E-state index < -0.39 is 12.2 Å². The lowest BCUT2D eigenvalue weighted by Crippen LogP contribution is -2.47. The molecule has 0 spiro atoms. The highest BCUT2D eigenvalue weighted by atomic mass is 19.1. The predicted octanol–water partition coefficient (Wildman–Crippen LogP) is 6.43. The number of imide groups is 1. The number of nitrogens with zero attached hydrogens (tertiary/aromatic N) is 2. The van der Waals surface area contributed by atoms with Crippen LogP contribution in [0.5, 0.6) is 11.5 Å². The van der Waals surface area contributed by atoms with E-state index in [0.29, 0.717) is 35.6 Å². The maximum absolute atomic E-state index is 14.0. The molecule has 39 heavy (non-hydrogen) atoms. The first-order valence-corrected chi connectivity index (χ1v) is 13.5. The first kappa shape index (κ1) is 26.8. The molecule has 0 N–H and O–H groups in total.